The highest BCUT2D eigenvalue weighted by atomic mass is 19.1. The Labute approximate surface area is 186 Å². The average Bonchev–Trinajstić information content (AvgIpc) is 3.01. The van der Waals surface area contributed by atoms with E-state index in [9.17, 15) is 19.4 Å². The molecule has 0 aromatic heterocycles. The summed E-state index contributed by atoms with van der Waals surface area (Å²) < 4.78 is 17.9. The van der Waals surface area contributed by atoms with Gasteiger partial charge in [0.2, 0.25) is 0 Å². The summed E-state index contributed by atoms with van der Waals surface area (Å²) in [7, 11) is 0. The van der Waals surface area contributed by atoms with Crippen LogP contribution in [0.15, 0.2) is 24.3 Å². The molecular formula is C26H37FO4. The molecule has 5 atom stereocenters. The largest absolute Gasteiger partial charge is 0.466 e. The van der Waals surface area contributed by atoms with E-state index in [0.717, 1.165) is 50.5 Å². The highest BCUT2D eigenvalue weighted by molar-refractivity contribution is 5.69. The van der Waals surface area contributed by atoms with E-state index in [0.29, 0.717) is 19.4 Å². The molecule has 1 aliphatic carbocycles. The van der Waals surface area contributed by atoms with Gasteiger partial charge in [-0.2, -0.15) is 0 Å². The number of ether oxygens (including phenoxy) is 1. The predicted molar refractivity (Wildman–Crippen MR) is 120 cm³/mol. The number of aliphatic hydroxyl groups is 2. The van der Waals surface area contributed by atoms with Gasteiger partial charge in [-0.05, 0) is 75.1 Å². The van der Waals surface area contributed by atoms with E-state index < -0.39 is 12.2 Å². The van der Waals surface area contributed by atoms with Crippen molar-refractivity contribution in [3.8, 4) is 11.8 Å². The number of hydrogen-bond acceptors (Lipinski definition) is 4. The number of unbranched alkanes of at least 4 members (excludes halogenated alkanes) is 3. The Morgan fingerprint density at radius 1 is 1.10 bits per heavy atom. The summed E-state index contributed by atoms with van der Waals surface area (Å²) in [6, 6.07) is 6.17. The second kappa shape index (κ2) is 13.5. The van der Waals surface area contributed by atoms with Crippen molar-refractivity contribution in [2.45, 2.75) is 83.8 Å². The minimum atomic E-state index is -0.457. The molecule has 1 unspecified atom stereocenters. The van der Waals surface area contributed by atoms with Gasteiger partial charge in [0.25, 0.3) is 0 Å². The number of rotatable bonds is 11. The van der Waals surface area contributed by atoms with Gasteiger partial charge in [0.1, 0.15) is 5.82 Å². The van der Waals surface area contributed by atoms with Crippen molar-refractivity contribution < 1.29 is 24.1 Å². The highest BCUT2D eigenvalue weighted by Crippen LogP contribution is 2.39. The molecule has 0 radical (unpaired) electrons. The van der Waals surface area contributed by atoms with E-state index in [1.54, 1.807) is 12.1 Å². The smallest absolute Gasteiger partial charge is 0.305 e. The van der Waals surface area contributed by atoms with E-state index in [2.05, 4.69) is 18.8 Å². The molecule has 0 saturated heterocycles. The van der Waals surface area contributed by atoms with Gasteiger partial charge < -0.3 is 14.9 Å². The lowest BCUT2D eigenvalue weighted by Crippen LogP contribution is -2.22. The summed E-state index contributed by atoms with van der Waals surface area (Å²) in [6.07, 6.45) is 6.45. The first-order chi connectivity index (χ1) is 14.9. The van der Waals surface area contributed by atoms with Crippen molar-refractivity contribution in [2.24, 2.45) is 17.8 Å². The molecular weight excluding hydrogens is 395 g/mol. The topological polar surface area (TPSA) is 66.8 Å². The van der Waals surface area contributed by atoms with E-state index in [1.165, 1.54) is 12.1 Å². The minimum absolute atomic E-state index is 0.101. The van der Waals surface area contributed by atoms with Crippen LogP contribution in [0.25, 0.3) is 0 Å². The predicted octanol–water partition coefficient (Wildman–Crippen LogP) is 4.86. The summed E-state index contributed by atoms with van der Waals surface area (Å²) in [4.78, 5) is 11.4. The Morgan fingerprint density at radius 3 is 2.42 bits per heavy atom. The summed E-state index contributed by atoms with van der Waals surface area (Å²) in [5, 5.41) is 20.9. The van der Waals surface area contributed by atoms with Crippen LogP contribution in [0.1, 0.15) is 77.2 Å². The van der Waals surface area contributed by atoms with E-state index >= 15 is 0 Å². The minimum Gasteiger partial charge on any atom is -0.466 e. The van der Waals surface area contributed by atoms with Crippen LogP contribution in [0.5, 0.6) is 0 Å². The maximum Gasteiger partial charge on any atom is 0.305 e. The van der Waals surface area contributed by atoms with Crippen LogP contribution in [0.2, 0.25) is 0 Å². The maximum absolute atomic E-state index is 13.0. The maximum atomic E-state index is 13.0. The first-order valence-electron chi connectivity index (χ1n) is 11.7. The molecule has 2 rings (SSSR count). The lowest BCUT2D eigenvalue weighted by Gasteiger charge is -2.24. The molecule has 0 aliphatic heterocycles. The molecule has 0 spiro atoms. The summed E-state index contributed by atoms with van der Waals surface area (Å²) in [6.45, 7) is 4.31. The second-order valence-corrected chi connectivity index (χ2v) is 8.71. The fourth-order valence-corrected chi connectivity index (χ4v) is 4.47. The molecule has 172 valence electrons. The SMILES string of the molecule is CCOC(=O)CCCCCC[C@@H]1[C@@H](CCC(C)C#Cc2ccc(F)cc2)[C@H](O)C[C@@H]1O. The van der Waals surface area contributed by atoms with Crippen molar-refractivity contribution >= 4 is 5.97 Å². The van der Waals surface area contributed by atoms with Gasteiger partial charge >= 0.3 is 5.97 Å². The van der Waals surface area contributed by atoms with Crippen molar-refractivity contribution in [1.29, 1.82) is 0 Å². The van der Waals surface area contributed by atoms with Crippen molar-refractivity contribution in [1.82, 2.24) is 0 Å². The van der Waals surface area contributed by atoms with Gasteiger partial charge in [0.05, 0.1) is 18.8 Å². The third-order valence-electron chi connectivity index (χ3n) is 6.24. The first-order valence-corrected chi connectivity index (χ1v) is 11.7. The van der Waals surface area contributed by atoms with Crippen molar-refractivity contribution in [3.05, 3.63) is 35.6 Å². The summed E-state index contributed by atoms with van der Waals surface area (Å²) in [5.41, 5.74) is 0.797. The van der Waals surface area contributed by atoms with Crippen LogP contribution < -0.4 is 0 Å². The van der Waals surface area contributed by atoms with E-state index in [-0.39, 0.29) is 29.5 Å². The summed E-state index contributed by atoms with van der Waals surface area (Å²) >= 11 is 0. The number of aliphatic hydroxyl groups excluding tert-OH is 2. The van der Waals surface area contributed by atoms with Crippen LogP contribution in [0, 0.1) is 35.4 Å². The molecule has 0 amide bonds. The fourth-order valence-electron chi connectivity index (χ4n) is 4.47. The molecule has 2 N–H and O–H groups in total. The average molecular weight is 433 g/mol. The quantitative estimate of drug-likeness (QED) is 0.298. The Hall–Kier alpha value is -1.90. The van der Waals surface area contributed by atoms with Crippen molar-refractivity contribution in [2.75, 3.05) is 6.61 Å². The van der Waals surface area contributed by atoms with Crippen LogP contribution in [0.4, 0.5) is 4.39 Å². The molecule has 1 aromatic carbocycles. The molecule has 0 bridgehead atoms. The standard InChI is InChI=1S/C26H37FO4/c1-3-31-26(30)9-7-5-4-6-8-22-23(25(29)18-24(22)28)17-11-19(2)10-12-20-13-15-21(27)16-14-20/h13-16,19,22-25,28-29H,3-9,11,17-18H2,1-2H3/t19?,22-,23-,24+,25-/m1/s1. The number of halogens is 1. The normalized spacial score (nSPS) is 23.8. The van der Waals surface area contributed by atoms with Crippen LogP contribution >= 0.6 is 0 Å². The zero-order valence-electron chi connectivity index (χ0n) is 18.9. The van der Waals surface area contributed by atoms with Gasteiger partial charge in [-0.15, -0.1) is 0 Å². The molecule has 31 heavy (non-hydrogen) atoms. The molecule has 4 nitrogen and oxygen atoms in total. The number of hydrogen-bond donors (Lipinski definition) is 2. The number of benzene rings is 1. The van der Waals surface area contributed by atoms with Gasteiger partial charge in [0, 0.05) is 17.9 Å². The Bertz CT molecular complexity index is 721. The van der Waals surface area contributed by atoms with Gasteiger partial charge in [-0.3, -0.25) is 4.79 Å². The van der Waals surface area contributed by atoms with E-state index in [1.807, 2.05) is 6.92 Å². The molecule has 1 saturated carbocycles. The van der Waals surface area contributed by atoms with E-state index in [4.69, 9.17) is 4.74 Å². The van der Waals surface area contributed by atoms with Crippen LogP contribution in [0.3, 0.4) is 0 Å². The van der Waals surface area contributed by atoms with Gasteiger partial charge in [-0.1, -0.05) is 38.0 Å². The molecule has 0 heterocycles. The Balaban J connectivity index is 1.73. The Morgan fingerprint density at radius 2 is 1.74 bits per heavy atom. The van der Waals surface area contributed by atoms with Gasteiger partial charge in [-0.25, -0.2) is 4.39 Å². The summed E-state index contributed by atoms with van der Waals surface area (Å²) in [5.74, 6) is 6.29. The lowest BCUT2D eigenvalue weighted by atomic mass is 9.84. The molecule has 1 fully saturated rings. The monoisotopic (exact) mass is 432 g/mol. The molecule has 1 aliphatic rings. The van der Waals surface area contributed by atoms with Crippen molar-refractivity contribution in [3.63, 3.8) is 0 Å². The highest BCUT2D eigenvalue weighted by Gasteiger charge is 2.40. The van der Waals surface area contributed by atoms with Crippen LogP contribution in [-0.4, -0.2) is 35.0 Å². The number of esters is 1. The molecule has 1 aromatic rings. The third-order valence-corrected chi connectivity index (χ3v) is 6.24. The first kappa shape index (κ1) is 25.4. The molecule has 5 heteroatoms. The van der Waals surface area contributed by atoms with Gasteiger partial charge in [0.15, 0.2) is 0 Å². The third kappa shape index (κ3) is 9.01. The lowest BCUT2D eigenvalue weighted by molar-refractivity contribution is -0.143. The Kier molecular flexibility index (Phi) is 11.0. The fraction of sp³-hybridized carbons (Fsp3) is 0.654. The number of carbonyl (C=O) groups is 1. The zero-order valence-corrected chi connectivity index (χ0v) is 18.9. The number of carbonyl (C=O) groups excluding carboxylic acids is 1. The second-order valence-electron chi connectivity index (χ2n) is 8.71. The van der Waals surface area contributed by atoms with Crippen LogP contribution in [-0.2, 0) is 9.53 Å². The zero-order chi connectivity index (χ0) is 22.6.